The van der Waals surface area contributed by atoms with Crippen LogP contribution < -0.4 is 10.0 Å². The van der Waals surface area contributed by atoms with Gasteiger partial charge < -0.3 is 5.32 Å². The van der Waals surface area contributed by atoms with E-state index in [0.29, 0.717) is 17.6 Å². The Hall–Kier alpha value is -4.19. The number of halogens is 3. The van der Waals surface area contributed by atoms with Crippen molar-refractivity contribution in [1.29, 1.82) is 0 Å². The molecule has 0 aliphatic rings. The molecule has 2 N–H and O–H groups in total. The fourth-order valence-corrected chi connectivity index (χ4v) is 4.14. The Morgan fingerprint density at radius 1 is 1.00 bits per heavy atom. The molecule has 0 radical (unpaired) electrons. The van der Waals surface area contributed by atoms with Crippen LogP contribution in [-0.2, 0) is 16.2 Å². The third-order valence-corrected chi connectivity index (χ3v) is 6.03. The minimum Gasteiger partial charge on any atom is -0.321 e. The van der Waals surface area contributed by atoms with E-state index >= 15 is 0 Å². The van der Waals surface area contributed by atoms with Crippen molar-refractivity contribution in [2.45, 2.75) is 11.1 Å². The molecule has 0 bridgehead atoms. The number of nitrogens with one attached hydrogen (secondary N) is 2. The number of rotatable bonds is 6. The van der Waals surface area contributed by atoms with Gasteiger partial charge in [0.15, 0.2) is 0 Å². The Kier molecular flexibility index (Phi) is 6.07. The number of nitrogens with zero attached hydrogens (tertiary/aromatic N) is 3. The molecule has 12 heteroatoms. The molecule has 34 heavy (non-hydrogen) atoms. The topological polar surface area (TPSA) is 106 Å². The van der Waals surface area contributed by atoms with Crippen molar-refractivity contribution < 1.29 is 26.4 Å². The van der Waals surface area contributed by atoms with Gasteiger partial charge in [0, 0.05) is 12.4 Å². The molecular weight excluding hydrogens is 471 g/mol. The van der Waals surface area contributed by atoms with Gasteiger partial charge in [-0.2, -0.15) is 13.2 Å². The molecule has 2 aromatic carbocycles. The summed E-state index contributed by atoms with van der Waals surface area (Å²) in [4.78, 5) is 20.4. The number of benzene rings is 2. The smallest absolute Gasteiger partial charge is 0.321 e. The molecule has 0 unspecified atom stereocenters. The zero-order valence-corrected chi connectivity index (χ0v) is 18.0. The number of sulfonamides is 1. The van der Waals surface area contributed by atoms with Crippen LogP contribution in [0.25, 0.3) is 5.82 Å². The molecule has 0 aliphatic heterocycles. The van der Waals surface area contributed by atoms with Crippen molar-refractivity contribution in [2.24, 2.45) is 0 Å². The average Bonchev–Trinajstić information content (AvgIpc) is 3.34. The first-order valence-electron chi connectivity index (χ1n) is 9.68. The van der Waals surface area contributed by atoms with E-state index in [2.05, 4.69) is 20.0 Å². The van der Waals surface area contributed by atoms with E-state index in [-0.39, 0.29) is 11.3 Å². The summed E-state index contributed by atoms with van der Waals surface area (Å²) in [6.45, 7) is 0. The Bertz CT molecular complexity index is 1420. The van der Waals surface area contributed by atoms with Crippen LogP contribution in [0.5, 0.6) is 0 Å². The van der Waals surface area contributed by atoms with E-state index in [1.165, 1.54) is 30.5 Å². The first-order chi connectivity index (χ1) is 16.1. The number of imidazole rings is 1. The van der Waals surface area contributed by atoms with Crippen LogP contribution in [0.2, 0.25) is 0 Å². The second kappa shape index (κ2) is 8.98. The molecule has 4 aromatic rings. The Balaban J connectivity index is 1.55. The molecule has 8 nitrogen and oxygen atoms in total. The van der Waals surface area contributed by atoms with Crippen molar-refractivity contribution in [1.82, 2.24) is 14.5 Å². The molecule has 2 heterocycles. The predicted octanol–water partition coefficient (Wildman–Crippen LogP) is 4.34. The van der Waals surface area contributed by atoms with Gasteiger partial charge in [-0.15, -0.1) is 0 Å². The Morgan fingerprint density at radius 2 is 1.79 bits per heavy atom. The lowest BCUT2D eigenvalue weighted by Crippen LogP contribution is -2.19. The summed E-state index contributed by atoms with van der Waals surface area (Å²) in [5.74, 6) is -0.0655. The molecule has 2 aromatic heterocycles. The second-order valence-electron chi connectivity index (χ2n) is 7.01. The van der Waals surface area contributed by atoms with Crippen molar-refractivity contribution in [3.63, 3.8) is 0 Å². The highest BCUT2D eigenvalue weighted by atomic mass is 32.2. The van der Waals surface area contributed by atoms with Crippen molar-refractivity contribution >= 4 is 27.3 Å². The molecular formula is C22H16F3N5O3S. The van der Waals surface area contributed by atoms with E-state index in [1.54, 1.807) is 35.4 Å². The average molecular weight is 487 g/mol. The van der Waals surface area contributed by atoms with Crippen LogP contribution in [0.3, 0.4) is 0 Å². The first kappa shape index (κ1) is 23.0. The fraction of sp³-hybridized carbons (Fsp3) is 0.0455. The van der Waals surface area contributed by atoms with E-state index in [0.717, 1.165) is 18.2 Å². The number of anilines is 2. The predicted molar refractivity (Wildman–Crippen MR) is 118 cm³/mol. The number of pyridine rings is 1. The number of alkyl halides is 3. The SMILES string of the molecule is O=C(Nc1ccc(-n2ccnc2)nc1)c1ccccc1NS(=O)(=O)c1cccc(C(F)(F)F)c1. The molecule has 0 spiro atoms. The van der Waals surface area contributed by atoms with Gasteiger partial charge in [-0.05, 0) is 42.5 Å². The van der Waals surface area contributed by atoms with Gasteiger partial charge in [-0.25, -0.2) is 18.4 Å². The van der Waals surface area contributed by atoms with Crippen LogP contribution in [0, 0.1) is 0 Å². The second-order valence-corrected chi connectivity index (χ2v) is 8.69. The summed E-state index contributed by atoms with van der Waals surface area (Å²) in [5.41, 5.74) is -0.880. The van der Waals surface area contributed by atoms with Crippen LogP contribution in [-0.4, -0.2) is 28.9 Å². The number of carbonyl (C=O) groups is 1. The number of hydrogen-bond acceptors (Lipinski definition) is 5. The number of amides is 1. The molecule has 4 rings (SSSR count). The van der Waals surface area contributed by atoms with E-state index in [1.807, 2.05) is 0 Å². The van der Waals surface area contributed by atoms with Crippen molar-refractivity contribution in [2.75, 3.05) is 10.0 Å². The third kappa shape index (κ3) is 5.07. The molecule has 0 aliphatic carbocycles. The number of hydrogen-bond donors (Lipinski definition) is 2. The van der Waals surface area contributed by atoms with Crippen LogP contribution >= 0.6 is 0 Å². The van der Waals surface area contributed by atoms with Crippen molar-refractivity contribution in [3.05, 3.63) is 96.7 Å². The third-order valence-electron chi connectivity index (χ3n) is 4.66. The number of carbonyl (C=O) groups excluding carboxylic acids is 1. The van der Waals surface area contributed by atoms with Crippen LogP contribution in [0.15, 0.2) is 90.5 Å². The summed E-state index contributed by atoms with van der Waals surface area (Å²) in [7, 11) is -4.41. The number of para-hydroxylation sites is 1. The minimum absolute atomic E-state index is 0.0308. The summed E-state index contributed by atoms with van der Waals surface area (Å²) in [5, 5.41) is 2.62. The van der Waals surface area contributed by atoms with Gasteiger partial charge in [-0.3, -0.25) is 14.1 Å². The molecule has 0 saturated carbocycles. The molecule has 1 amide bonds. The first-order valence-corrected chi connectivity index (χ1v) is 11.2. The van der Waals surface area contributed by atoms with Gasteiger partial charge >= 0.3 is 6.18 Å². The highest BCUT2D eigenvalue weighted by Gasteiger charge is 2.31. The van der Waals surface area contributed by atoms with Gasteiger partial charge in [0.2, 0.25) is 0 Å². The summed E-state index contributed by atoms with van der Waals surface area (Å²) >= 11 is 0. The Labute approximate surface area is 192 Å². The van der Waals surface area contributed by atoms with E-state index < -0.39 is 32.6 Å². The number of aromatic nitrogens is 3. The highest BCUT2D eigenvalue weighted by Crippen LogP contribution is 2.31. The summed E-state index contributed by atoms with van der Waals surface area (Å²) < 4.78 is 68.3. The van der Waals surface area contributed by atoms with Crippen molar-refractivity contribution in [3.8, 4) is 5.82 Å². The van der Waals surface area contributed by atoms with E-state index in [4.69, 9.17) is 0 Å². The van der Waals surface area contributed by atoms with Gasteiger partial charge in [0.25, 0.3) is 15.9 Å². The fourth-order valence-electron chi connectivity index (χ4n) is 3.02. The van der Waals surface area contributed by atoms with Crippen LogP contribution in [0.1, 0.15) is 15.9 Å². The zero-order chi connectivity index (χ0) is 24.3. The van der Waals surface area contributed by atoms with Gasteiger partial charge in [0.05, 0.1) is 33.6 Å². The van der Waals surface area contributed by atoms with Gasteiger partial charge in [-0.1, -0.05) is 18.2 Å². The normalized spacial score (nSPS) is 11.7. The molecule has 0 fully saturated rings. The summed E-state index contributed by atoms with van der Waals surface area (Å²) in [6.07, 6.45) is 1.57. The minimum atomic E-state index is -4.70. The zero-order valence-electron chi connectivity index (χ0n) is 17.2. The lowest BCUT2D eigenvalue weighted by atomic mass is 10.1. The monoisotopic (exact) mass is 487 g/mol. The quantitative estimate of drug-likeness (QED) is 0.421. The summed E-state index contributed by atoms with van der Waals surface area (Å²) in [6, 6.07) is 12.3. The largest absolute Gasteiger partial charge is 0.416 e. The van der Waals surface area contributed by atoms with E-state index in [9.17, 15) is 26.4 Å². The molecule has 0 saturated heterocycles. The van der Waals surface area contributed by atoms with Gasteiger partial charge in [0.1, 0.15) is 12.1 Å². The lowest BCUT2D eigenvalue weighted by molar-refractivity contribution is -0.137. The molecule has 174 valence electrons. The lowest BCUT2D eigenvalue weighted by Gasteiger charge is -2.14. The molecule has 0 atom stereocenters. The maximum absolute atomic E-state index is 13.0. The standard InChI is InChI=1S/C22H16F3N5O3S/c23-22(24,25)15-4-3-5-17(12-15)34(32,33)29-19-7-2-1-6-18(19)21(31)28-16-8-9-20(27-13-16)30-11-10-26-14-30/h1-14,29H,(H,28,31). The highest BCUT2D eigenvalue weighted by molar-refractivity contribution is 7.92. The maximum Gasteiger partial charge on any atom is 0.416 e. The maximum atomic E-state index is 13.0. The van der Waals surface area contributed by atoms with Crippen LogP contribution in [0.4, 0.5) is 24.5 Å². The Morgan fingerprint density at radius 3 is 2.47 bits per heavy atom.